The number of piperidine rings is 1. The molecular weight excluding hydrogens is 252 g/mol. The average Bonchev–Trinajstić information content (AvgIpc) is 2.24. The molecule has 18 heavy (non-hydrogen) atoms. The highest BCUT2D eigenvalue weighted by Gasteiger charge is 2.30. The highest BCUT2D eigenvalue weighted by Crippen LogP contribution is 2.19. The van der Waals surface area contributed by atoms with Crippen LogP contribution in [-0.2, 0) is 14.8 Å². The van der Waals surface area contributed by atoms with Crippen LogP contribution in [0.5, 0.6) is 0 Å². The molecule has 1 amide bonds. The highest BCUT2D eigenvalue weighted by atomic mass is 32.2. The van der Waals surface area contributed by atoms with Gasteiger partial charge in [0.15, 0.2) is 0 Å². The Morgan fingerprint density at radius 2 is 2.00 bits per heavy atom. The number of nitrogens with zero attached hydrogens (tertiary/aromatic N) is 1. The lowest BCUT2D eigenvalue weighted by Crippen LogP contribution is -2.46. The summed E-state index contributed by atoms with van der Waals surface area (Å²) in [6.07, 6.45) is 2.71. The van der Waals surface area contributed by atoms with Crippen LogP contribution in [0.15, 0.2) is 0 Å². The van der Waals surface area contributed by atoms with Gasteiger partial charge in [0.2, 0.25) is 15.9 Å². The molecule has 0 aromatic carbocycles. The Hall–Kier alpha value is -0.620. The molecule has 1 aliphatic heterocycles. The van der Waals surface area contributed by atoms with Gasteiger partial charge in [-0.25, -0.2) is 12.7 Å². The number of amides is 1. The third-order valence-corrected chi connectivity index (χ3v) is 4.29. The van der Waals surface area contributed by atoms with E-state index in [4.69, 9.17) is 0 Å². The summed E-state index contributed by atoms with van der Waals surface area (Å²) in [5.74, 6) is -0.242. The molecule has 1 unspecified atom stereocenters. The Balaban J connectivity index is 2.54. The normalized spacial score (nSPS) is 22.8. The summed E-state index contributed by atoms with van der Waals surface area (Å²) < 4.78 is 24.3. The summed E-state index contributed by atoms with van der Waals surface area (Å²) in [6.45, 7) is 7.61. The summed E-state index contributed by atoms with van der Waals surface area (Å²) in [5, 5.41) is 2.90. The molecule has 1 aliphatic rings. The molecule has 1 N–H and O–H groups in total. The molecule has 0 radical (unpaired) electrons. The van der Waals surface area contributed by atoms with Crippen LogP contribution in [0.3, 0.4) is 0 Å². The minimum Gasteiger partial charge on any atom is -0.355 e. The molecule has 0 aromatic heterocycles. The number of hydrogen-bond acceptors (Lipinski definition) is 3. The molecular formula is C12H24N2O3S. The number of carbonyl (C=O) groups excluding carboxylic acids is 1. The highest BCUT2D eigenvalue weighted by molar-refractivity contribution is 7.88. The lowest BCUT2D eigenvalue weighted by molar-refractivity contribution is -0.126. The van der Waals surface area contributed by atoms with Crippen molar-refractivity contribution in [3.63, 3.8) is 0 Å². The van der Waals surface area contributed by atoms with E-state index < -0.39 is 10.0 Å². The quantitative estimate of drug-likeness (QED) is 0.830. The number of sulfonamides is 1. The van der Waals surface area contributed by atoms with Crippen molar-refractivity contribution in [1.29, 1.82) is 0 Å². The predicted molar refractivity (Wildman–Crippen MR) is 71.6 cm³/mol. The summed E-state index contributed by atoms with van der Waals surface area (Å²) in [7, 11) is -3.18. The monoisotopic (exact) mass is 276 g/mol. The van der Waals surface area contributed by atoms with E-state index in [1.807, 2.05) is 0 Å². The number of carbonyl (C=O) groups is 1. The van der Waals surface area contributed by atoms with Gasteiger partial charge in [0.05, 0.1) is 12.2 Å². The second-order valence-electron chi connectivity index (χ2n) is 6.24. The molecule has 5 nitrogen and oxygen atoms in total. The van der Waals surface area contributed by atoms with E-state index in [2.05, 4.69) is 26.1 Å². The fraction of sp³-hybridized carbons (Fsp3) is 0.917. The van der Waals surface area contributed by atoms with Crippen LogP contribution in [0, 0.1) is 11.3 Å². The summed E-state index contributed by atoms with van der Waals surface area (Å²) in [4.78, 5) is 12.0. The molecule has 1 saturated heterocycles. The Morgan fingerprint density at radius 1 is 1.39 bits per heavy atom. The Kier molecular flexibility index (Phi) is 4.78. The maximum Gasteiger partial charge on any atom is 0.224 e. The van der Waals surface area contributed by atoms with Gasteiger partial charge < -0.3 is 5.32 Å². The van der Waals surface area contributed by atoms with Gasteiger partial charge in [-0.05, 0) is 18.3 Å². The predicted octanol–water partition coefficient (Wildman–Crippen LogP) is 0.820. The van der Waals surface area contributed by atoms with Crippen molar-refractivity contribution in [3.05, 3.63) is 0 Å². The SMILES string of the molecule is CC(C)(C)CNC(=O)C1CCCN(S(C)(=O)=O)C1. The molecule has 0 saturated carbocycles. The minimum absolute atomic E-state index is 0.0294. The lowest BCUT2D eigenvalue weighted by Gasteiger charge is -2.30. The van der Waals surface area contributed by atoms with Crippen LogP contribution < -0.4 is 5.32 Å². The van der Waals surface area contributed by atoms with Crippen LogP contribution in [0.2, 0.25) is 0 Å². The lowest BCUT2D eigenvalue weighted by atomic mass is 9.95. The first-order chi connectivity index (χ1) is 8.09. The van der Waals surface area contributed by atoms with E-state index >= 15 is 0 Å². The van der Waals surface area contributed by atoms with Crippen molar-refractivity contribution in [3.8, 4) is 0 Å². The largest absolute Gasteiger partial charge is 0.355 e. The van der Waals surface area contributed by atoms with Gasteiger partial charge in [0.25, 0.3) is 0 Å². The van der Waals surface area contributed by atoms with E-state index in [1.165, 1.54) is 10.6 Å². The van der Waals surface area contributed by atoms with Gasteiger partial charge >= 0.3 is 0 Å². The zero-order valence-corrected chi connectivity index (χ0v) is 12.5. The zero-order valence-electron chi connectivity index (χ0n) is 11.7. The van der Waals surface area contributed by atoms with Gasteiger partial charge in [-0.2, -0.15) is 0 Å². The van der Waals surface area contributed by atoms with Gasteiger partial charge in [0, 0.05) is 19.6 Å². The Bertz CT molecular complexity index is 398. The molecule has 0 spiro atoms. The number of nitrogens with one attached hydrogen (secondary N) is 1. The van der Waals surface area contributed by atoms with Gasteiger partial charge in [-0.3, -0.25) is 4.79 Å². The smallest absolute Gasteiger partial charge is 0.224 e. The van der Waals surface area contributed by atoms with Crippen LogP contribution in [0.4, 0.5) is 0 Å². The second kappa shape index (κ2) is 5.57. The standard InChI is InChI=1S/C12H24N2O3S/c1-12(2,3)9-13-11(15)10-6-5-7-14(8-10)18(4,16)17/h10H,5-9H2,1-4H3,(H,13,15). The van der Waals surface area contributed by atoms with E-state index in [0.29, 0.717) is 19.6 Å². The van der Waals surface area contributed by atoms with Crippen molar-refractivity contribution in [2.75, 3.05) is 25.9 Å². The van der Waals surface area contributed by atoms with Crippen LogP contribution in [-0.4, -0.2) is 44.5 Å². The fourth-order valence-corrected chi connectivity index (χ4v) is 2.87. The first-order valence-electron chi connectivity index (χ1n) is 6.32. The van der Waals surface area contributed by atoms with Crippen LogP contribution in [0.25, 0.3) is 0 Å². The maximum atomic E-state index is 12.0. The minimum atomic E-state index is -3.18. The molecule has 1 fully saturated rings. The van der Waals surface area contributed by atoms with Crippen LogP contribution >= 0.6 is 0 Å². The Labute approximate surface area is 110 Å². The topological polar surface area (TPSA) is 66.5 Å². The molecule has 1 heterocycles. The van der Waals surface area contributed by atoms with E-state index in [9.17, 15) is 13.2 Å². The van der Waals surface area contributed by atoms with Gasteiger partial charge in [-0.15, -0.1) is 0 Å². The summed E-state index contributed by atoms with van der Waals surface area (Å²) in [6, 6.07) is 0. The van der Waals surface area contributed by atoms with E-state index in [-0.39, 0.29) is 17.2 Å². The van der Waals surface area contributed by atoms with Crippen molar-refractivity contribution in [2.45, 2.75) is 33.6 Å². The van der Waals surface area contributed by atoms with E-state index in [1.54, 1.807) is 0 Å². The first kappa shape index (κ1) is 15.4. The maximum absolute atomic E-state index is 12.0. The molecule has 1 atom stereocenters. The van der Waals surface area contributed by atoms with Gasteiger partial charge in [0.1, 0.15) is 0 Å². The van der Waals surface area contributed by atoms with Crippen molar-refractivity contribution in [2.24, 2.45) is 11.3 Å². The molecule has 0 aromatic rings. The summed E-state index contributed by atoms with van der Waals surface area (Å²) >= 11 is 0. The van der Waals surface area contributed by atoms with Gasteiger partial charge in [-0.1, -0.05) is 20.8 Å². The third-order valence-electron chi connectivity index (χ3n) is 3.02. The molecule has 1 rings (SSSR count). The second-order valence-corrected chi connectivity index (χ2v) is 8.22. The number of rotatable bonds is 3. The van der Waals surface area contributed by atoms with Crippen molar-refractivity contribution < 1.29 is 13.2 Å². The van der Waals surface area contributed by atoms with E-state index in [0.717, 1.165) is 12.8 Å². The molecule has 0 aliphatic carbocycles. The zero-order chi connectivity index (χ0) is 14.0. The fourth-order valence-electron chi connectivity index (χ4n) is 1.95. The molecule has 6 heteroatoms. The van der Waals surface area contributed by atoms with Crippen LogP contribution in [0.1, 0.15) is 33.6 Å². The third kappa shape index (κ3) is 4.94. The summed E-state index contributed by atoms with van der Waals surface area (Å²) in [5.41, 5.74) is 0.0425. The average molecular weight is 276 g/mol. The first-order valence-corrected chi connectivity index (χ1v) is 8.17. The Morgan fingerprint density at radius 3 is 2.50 bits per heavy atom. The number of hydrogen-bond donors (Lipinski definition) is 1. The van der Waals surface area contributed by atoms with Crippen molar-refractivity contribution >= 4 is 15.9 Å². The molecule has 0 bridgehead atoms. The molecule has 106 valence electrons. The van der Waals surface area contributed by atoms with Crippen molar-refractivity contribution in [1.82, 2.24) is 9.62 Å².